The number of aliphatic hydroxyl groups is 1. The molecule has 2 N–H and O–H groups in total. The van der Waals surface area contributed by atoms with Crippen molar-refractivity contribution in [1.82, 2.24) is 4.72 Å². The average molecular weight is 323 g/mol. The number of sulfonamides is 1. The normalized spacial score (nSPS) is 22.0. The van der Waals surface area contributed by atoms with E-state index in [-0.39, 0.29) is 6.54 Å². The molecule has 0 saturated carbocycles. The maximum absolute atomic E-state index is 12.7. The summed E-state index contributed by atoms with van der Waals surface area (Å²) in [5.74, 6) is 0. The summed E-state index contributed by atoms with van der Waals surface area (Å²) in [7, 11) is -3.65. The predicted molar refractivity (Wildman–Crippen MR) is 88.5 cm³/mol. The van der Waals surface area contributed by atoms with Gasteiger partial charge >= 0.3 is 0 Å². The zero-order valence-electron chi connectivity index (χ0n) is 13.7. The van der Waals surface area contributed by atoms with Gasteiger partial charge in [0.1, 0.15) is 0 Å². The van der Waals surface area contributed by atoms with E-state index in [2.05, 4.69) is 4.72 Å². The van der Waals surface area contributed by atoms with Crippen molar-refractivity contribution in [2.45, 2.75) is 57.5 Å². The largest absolute Gasteiger partial charge is 0.384 e. The maximum atomic E-state index is 12.7. The van der Waals surface area contributed by atoms with Crippen LogP contribution in [0, 0.1) is 27.7 Å². The molecule has 1 aromatic rings. The lowest BCUT2D eigenvalue weighted by molar-refractivity contribution is 0.0797. The molecule has 1 aliphatic rings. The van der Waals surface area contributed by atoms with Gasteiger partial charge in [0, 0.05) is 6.54 Å². The number of benzene rings is 1. The highest BCUT2D eigenvalue weighted by Gasteiger charge is 2.29. The van der Waals surface area contributed by atoms with Gasteiger partial charge in [0.15, 0.2) is 0 Å². The van der Waals surface area contributed by atoms with Crippen LogP contribution in [0.5, 0.6) is 0 Å². The first kappa shape index (κ1) is 17.2. The molecule has 1 unspecified atom stereocenters. The van der Waals surface area contributed by atoms with Crippen molar-refractivity contribution < 1.29 is 13.5 Å². The lowest BCUT2D eigenvalue weighted by Gasteiger charge is -2.28. The van der Waals surface area contributed by atoms with Crippen LogP contribution in [0.2, 0.25) is 0 Å². The predicted octanol–water partition coefficient (Wildman–Crippen LogP) is 2.67. The van der Waals surface area contributed by atoms with Crippen LogP contribution in [0.25, 0.3) is 0 Å². The lowest BCUT2D eigenvalue weighted by atomic mass is 9.91. The Morgan fingerprint density at radius 3 is 2.27 bits per heavy atom. The molecule has 1 aliphatic carbocycles. The second-order valence-corrected chi connectivity index (χ2v) is 8.02. The van der Waals surface area contributed by atoms with Gasteiger partial charge in [0.2, 0.25) is 10.0 Å². The van der Waals surface area contributed by atoms with Crippen LogP contribution in [0.1, 0.15) is 41.5 Å². The van der Waals surface area contributed by atoms with Crippen molar-refractivity contribution in [1.29, 1.82) is 0 Å². The fourth-order valence-electron chi connectivity index (χ4n) is 2.94. The topological polar surface area (TPSA) is 66.4 Å². The molecule has 0 spiro atoms. The van der Waals surface area contributed by atoms with Crippen molar-refractivity contribution in [3.05, 3.63) is 40.5 Å². The smallest absolute Gasteiger partial charge is 0.241 e. The van der Waals surface area contributed by atoms with Crippen LogP contribution in [-0.4, -0.2) is 25.7 Å². The van der Waals surface area contributed by atoms with Crippen LogP contribution in [0.4, 0.5) is 0 Å². The molecular weight excluding hydrogens is 298 g/mol. The summed E-state index contributed by atoms with van der Waals surface area (Å²) in [6.45, 7) is 7.49. The van der Waals surface area contributed by atoms with Gasteiger partial charge in [0.05, 0.1) is 10.5 Å². The maximum Gasteiger partial charge on any atom is 0.241 e. The van der Waals surface area contributed by atoms with E-state index in [9.17, 15) is 13.5 Å². The number of rotatable bonds is 4. The van der Waals surface area contributed by atoms with E-state index in [0.29, 0.717) is 11.3 Å². The van der Waals surface area contributed by atoms with Gasteiger partial charge in [-0.05, 0) is 69.2 Å². The van der Waals surface area contributed by atoms with Crippen LogP contribution in [0.3, 0.4) is 0 Å². The Morgan fingerprint density at radius 1 is 1.18 bits per heavy atom. The van der Waals surface area contributed by atoms with Gasteiger partial charge in [0.25, 0.3) is 0 Å². The van der Waals surface area contributed by atoms with Crippen molar-refractivity contribution >= 4 is 10.0 Å². The molecule has 0 aliphatic heterocycles. The van der Waals surface area contributed by atoms with Gasteiger partial charge in [-0.2, -0.15) is 0 Å². The molecule has 0 aromatic heterocycles. The van der Waals surface area contributed by atoms with E-state index in [0.717, 1.165) is 35.1 Å². The van der Waals surface area contributed by atoms with E-state index >= 15 is 0 Å². The number of hydrogen-bond acceptors (Lipinski definition) is 3. The Labute approximate surface area is 133 Å². The number of nitrogens with one attached hydrogen (secondary N) is 1. The monoisotopic (exact) mass is 323 g/mol. The summed E-state index contributed by atoms with van der Waals surface area (Å²) in [5.41, 5.74) is 2.37. The molecule has 0 heterocycles. The van der Waals surface area contributed by atoms with Crippen molar-refractivity contribution in [2.75, 3.05) is 6.54 Å². The molecule has 5 heteroatoms. The van der Waals surface area contributed by atoms with Crippen LogP contribution in [-0.2, 0) is 10.0 Å². The lowest BCUT2D eigenvalue weighted by Crippen LogP contribution is -2.42. The zero-order valence-corrected chi connectivity index (χ0v) is 14.5. The van der Waals surface area contributed by atoms with Crippen LogP contribution >= 0.6 is 0 Å². The second-order valence-electron chi connectivity index (χ2n) is 6.31. The second kappa shape index (κ2) is 6.14. The Hall–Kier alpha value is -1.17. The minimum Gasteiger partial charge on any atom is -0.384 e. The number of allylic oxidation sites excluding steroid dienone is 1. The van der Waals surface area contributed by atoms with E-state index < -0.39 is 15.6 Å². The summed E-state index contributed by atoms with van der Waals surface area (Å²) in [6, 6.07) is 2.00. The molecule has 4 nitrogen and oxygen atoms in total. The van der Waals surface area contributed by atoms with E-state index in [1.807, 2.05) is 39.8 Å². The number of hydrogen-bond donors (Lipinski definition) is 2. The minimum absolute atomic E-state index is 0.0116. The molecular formula is C17H25NO3S. The Kier molecular flexibility index (Phi) is 4.80. The fraction of sp³-hybridized carbons (Fsp3) is 0.529. The summed E-state index contributed by atoms with van der Waals surface area (Å²) in [4.78, 5) is 0.341. The zero-order chi connectivity index (χ0) is 16.5. The highest BCUT2D eigenvalue weighted by Crippen LogP contribution is 2.27. The molecule has 0 fully saturated rings. The quantitative estimate of drug-likeness (QED) is 0.837. The van der Waals surface area contributed by atoms with Gasteiger partial charge in [-0.15, -0.1) is 0 Å². The molecule has 0 bridgehead atoms. The highest BCUT2D eigenvalue weighted by atomic mass is 32.2. The molecule has 2 rings (SSSR count). The molecule has 0 saturated heterocycles. The molecule has 22 heavy (non-hydrogen) atoms. The van der Waals surface area contributed by atoms with Gasteiger partial charge in [-0.25, -0.2) is 13.1 Å². The van der Waals surface area contributed by atoms with Crippen molar-refractivity contribution in [3.8, 4) is 0 Å². The third-order valence-electron chi connectivity index (χ3n) is 4.54. The summed E-state index contributed by atoms with van der Waals surface area (Å²) in [5, 5.41) is 10.4. The highest BCUT2D eigenvalue weighted by molar-refractivity contribution is 7.89. The first-order valence-electron chi connectivity index (χ1n) is 7.63. The first-order chi connectivity index (χ1) is 10.2. The Morgan fingerprint density at radius 2 is 1.77 bits per heavy atom. The van der Waals surface area contributed by atoms with Crippen LogP contribution in [0.15, 0.2) is 23.1 Å². The first-order valence-corrected chi connectivity index (χ1v) is 9.12. The molecule has 1 aromatic carbocycles. The SMILES string of the molecule is Cc1cc(C)c(C)c(S(=O)(=O)NCC2(O)C=CCCC2)c1C. The van der Waals surface area contributed by atoms with E-state index in [1.165, 1.54) is 0 Å². The Balaban J connectivity index is 2.32. The summed E-state index contributed by atoms with van der Waals surface area (Å²) >= 11 is 0. The standard InChI is InChI=1S/C17H25NO3S/c1-12-10-13(2)15(4)16(14(12)3)22(20,21)18-11-17(19)8-6-5-7-9-17/h6,8,10,18-19H,5,7,9,11H2,1-4H3. The summed E-state index contributed by atoms with van der Waals surface area (Å²) < 4.78 is 28.0. The molecule has 122 valence electrons. The van der Waals surface area contributed by atoms with Crippen molar-refractivity contribution in [3.63, 3.8) is 0 Å². The van der Waals surface area contributed by atoms with E-state index in [1.54, 1.807) is 6.08 Å². The van der Waals surface area contributed by atoms with Gasteiger partial charge in [-0.3, -0.25) is 0 Å². The third-order valence-corrected chi connectivity index (χ3v) is 6.22. The Bertz CT molecular complexity index is 681. The van der Waals surface area contributed by atoms with Gasteiger partial charge < -0.3 is 5.11 Å². The third kappa shape index (κ3) is 3.42. The molecule has 1 atom stereocenters. The molecule has 0 radical (unpaired) electrons. The van der Waals surface area contributed by atoms with Crippen molar-refractivity contribution in [2.24, 2.45) is 0 Å². The average Bonchev–Trinajstić information content (AvgIpc) is 2.44. The molecule has 0 amide bonds. The van der Waals surface area contributed by atoms with Crippen LogP contribution < -0.4 is 4.72 Å². The van der Waals surface area contributed by atoms with Gasteiger partial charge in [-0.1, -0.05) is 18.2 Å². The van der Waals surface area contributed by atoms with E-state index in [4.69, 9.17) is 0 Å². The fourth-order valence-corrected chi connectivity index (χ4v) is 4.65. The number of aryl methyl sites for hydroxylation is 2. The summed E-state index contributed by atoms with van der Waals surface area (Å²) in [6.07, 6.45) is 6.00. The minimum atomic E-state index is -3.65.